The van der Waals surface area contributed by atoms with Crippen molar-refractivity contribution < 1.29 is 13.2 Å². The average molecular weight is 388 g/mol. The van der Waals surface area contributed by atoms with E-state index in [-0.39, 0.29) is 29.1 Å². The van der Waals surface area contributed by atoms with Crippen LogP contribution in [0.3, 0.4) is 0 Å². The van der Waals surface area contributed by atoms with Gasteiger partial charge in [0, 0.05) is 6.20 Å². The van der Waals surface area contributed by atoms with E-state index in [4.69, 9.17) is 0 Å². The van der Waals surface area contributed by atoms with Crippen LogP contribution in [0.4, 0.5) is 5.69 Å². The van der Waals surface area contributed by atoms with Gasteiger partial charge in [-0.2, -0.15) is 5.10 Å². The highest BCUT2D eigenvalue weighted by Crippen LogP contribution is 2.32. The zero-order chi connectivity index (χ0) is 18.1. The van der Waals surface area contributed by atoms with Gasteiger partial charge in [-0.1, -0.05) is 6.07 Å². The van der Waals surface area contributed by atoms with Crippen LogP contribution < -0.4 is 5.32 Å². The number of rotatable bonds is 4. The summed E-state index contributed by atoms with van der Waals surface area (Å²) in [7, 11) is -3.05. The number of hydrogen-bond acceptors (Lipinski definition) is 6. The molecule has 1 amide bonds. The van der Waals surface area contributed by atoms with E-state index in [0.717, 1.165) is 10.6 Å². The van der Waals surface area contributed by atoms with E-state index in [2.05, 4.69) is 15.4 Å². The molecule has 9 heteroatoms. The first-order chi connectivity index (χ1) is 12.5. The Hall–Kier alpha value is -2.52. The average Bonchev–Trinajstić information content (AvgIpc) is 3.33. The molecule has 0 radical (unpaired) electrons. The van der Waals surface area contributed by atoms with E-state index in [1.165, 1.54) is 11.3 Å². The molecule has 0 bridgehead atoms. The van der Waals surface area contributed by atoms with Gasteiger partial charge < -0.3 is 5.32 Å². The number of nitrogens with zero attached hydrogens (tertiary/aromatic N) is 3. The number of carbonyl (C=O) groups excluding carboxylic acids is 1. The predicted molar refractivity (Wildman–Crippen MR) is 100 cm³/mol. The summed E-state index contributed by atoms with van der Waals surface area (Å²) < 4.78 is 25.4. The van der Waals surface area contributed by atoms with Gasteiger partial charge in [-0.15, -0.1) is 11.3 Å². The maximum atomic E-state index is 12.6. The molecule has 7 nitrogen and oxygen atoms in total. The molecule has 1 aliphatic rings. The normalized spacial score (nSPS) is 18.7. The molecular weight excluding hydrogens is 372 g/mol. The third-order valence-corrected chi connectivity index (χ3v) is 6.86. The van der Waals surface area contributed by atoms with Crippen molar-refractivity contribution >= 4 is 32.8 Å². The summed E-state index contributed by atoms with van der Waals surface area (Å²) in [6, 6.07) is 8.78. The second-order valence-corrected chi connectivity index (χ2v) is 9.27. The van der Waals surface area contributed by atoms with Crippen LogP contribution >= 0.6 is 11.3 Å². The quantitative estimate of drug-likeness (QED) is 0.741. The number of nitrogens with one attached hydrogen (secondary N) is 1. The van der Waals surface area contributed by atoms with Crippen LogP contribution in [0.15, 0.2) is 48.1 Å². The van der Waals surface area contributed by atoms with Crippen molar-refractivity contribution in [3.63, 3.8) is 0 Å². The first-order valence-electron chi connectivity index (χ1n) is 8.07. The Morgan fingerprint density at radius 3 is 2.85 bits per heavy atom. The minimum Gasteiger partial charge on any atom is -0.319 e. The smallest absolute Gasteiger partial charge is 0.276 e. The Kier molecular flexibility index (Phi) is 4.33. The molecule has 26 heavy (non-hydrogen) atoms. The molecule has 0 spiro atoms. The van der Waals surface area contributed by atoms with Crippen molar-refractivity contribution in [1.29, 1.82) is 0 Å². The molecule has 1 N–H and O–H groups in total. The highest BCUT2D eigenvalue weighted by Gasteiger charge is 2.32. The first kappa shape index (κ1) is 16.9. The van der Waals surface area contributed by atoms with Crippen molar-refractivity contribution in [2.45, 2.75) is 12.5 Å². The molecule has 1 atom stereocenters. The van der Waals surface area contributed by atoms with Gasteiger partial charge in [0.15, 0.2) is 15.5 Å². The largest absolute Gasteiger partial charge is 0.319 e. The zero-order valence-electron chi connectivity index (χ0n) is 13.7. The summed E-state index contributed by atoms with van der Waals surface area (Å²) in [6.45, 7) is 0. The van der Waals surface area contributed by atoms with Crippen LogP contribution in [0.2, 0.25) is 0 Å². The summed E-state index contributed by atoms with van der Waals surface area (Å²) in [4.78, 5) is 17.5. The molecular formula is C17H16N4O3S2. The lowest BCUT2D eigenvalue weighted by atomic mass is 10.2. The van der Waals surface area contributed by atoms with Gasteiger partial charge in [0.25, 0.3) is 5.91 Å². The SMILES string of the molecule is O=C(Nc1cccnc1)c1cc(-c2cccs2)n([C@H]2CCS(=O)(=O)C2)n1. The van der Waals surface area contributed by atoms with Crippen LogP contribution in [0.1, 0.15) is 23.0 Å². The summed E-state index contributed by atoms with van der Waals surface area (Å²) in [5.41, 5.74) is 1.59. The molecule has 134 valence electrons. The molecule has 0 saturated carbocycles. The molecule has 3 aromatic rings. The lowest BCUT2D eigenvalue weighted by Crippen LogP contribution is -2.16. The second kappa shape index (κ2) is 6.65. The minimum absolute atomic E-state index is 0.0523. The van der Waals surface area contributed by atoms with E-state index in [9.17, 15) is 13.2 Å². The summed E-state index contributed by atoms with van der Waals surface area (Å²) in [6.07, 6.45) is 3.69. The Bertz CT molecular complexity index is 1030. The molecule has 3 aromatic heterocycles. The van der Waals surface area contributed by atoms with Gasteiger partial charge in [0.2, 0.25) is 0 Å². The van der Waals surface area contributed by atoms with Gasteiger partial charge in [-0.3, -0.25) is 14.5 Å². The van der Waals surface area contributed by atoms with Crippen LogP contribution in [-0.4, -0.2) is 40.6 Å². The van der Waals surface area contributed by atoms with Gasteiger partial charge >= 0.3 is 0 Å². The Balaban J connectivity index is 1.68. The van der Waals surface area contributed by atoms with Crippen molar-refractivity contribution in [2.24, 2.45) is 0 Å². The van der Waals surface area contributed by atoms with E-state index < -0.39 is 9.84 Å². The van der Waals surface area contributed by atoms with E-state index in [0.29, 0.717) is 12.1 Å². The summed E-state index contributed by atoms with van der Waals surface area (Å²) in [5.74, 6) is -0.148. The van der Waals surface area contributed by atoms with Gasteiger partial charge in [0.05, 0.1) is 40.0 Å². The Morgan fingerprint density at radius 2 is 2.19 bits per heavy atom. The van der Waals surface area contributed by atoms with Gasteiger partial charge in [-0.25, -0.2) is 8.42 Å². The third kappa shape index (κ3) is 3.40. The summed E-state index contributed by atoms with van der Waals surface area (Å²) in [5, 5.41) is 9.13. The number of aromatic nitrogens is 3. The molecule has 0 aromatic carbocycles. The topological polar surface area (TPSA) is 94.0 Å². The van der Waals surface area contributed by atoms with Crippen LogP contribution in [0.5, 0.6) is 0 Å². The highest BCUT2D eigenvalue weighted by molar-refractivity contribution is 7.91. The van der Waals surface area contributed by atoms with Crippen LogP contribution in [0, 0.1) is 0 Å². The Labute approximate surface area is 154 Å². The number of hydrogen-bond donors (Lipinski definition) is 1. The number of pyridine rings is 1. The lowest BCUT2D eigenvalue weighted by Gasteiger charge is -2.12. The fraction of sp³-hybridized carbons (Fsp3) is 0.235. The second-order valence-electron chi connectivity index (χ2n) is 6.09. The maximum absolute atomic E-state index is 12.6. The molecule has 4 heterocycles. The van der Waals surface area contributed by atoms with Crippen molar-refractivity contribution in [3.8, 4) is 10.6 Å². The standard InChI is InChI=1S/C17H16N4O3S2/c22-17(19-12-3-1-6-18-10-12)14-9-15(16-4-2-7-25-16)21(20-14)13-5-8-26(23,24)11-13/h1-4,6-7,9-10,13H,5,8,11H2,(H,19,22)/t13-/m0/s1. The van der Waals surface area contributed by atoms with E-state index >= 15 is 0 Å². The number of anilines is 1. The molecule has 1 saturated heterocycles. The first-order valence-corrected chi connectivity index (χ1v) is 10.8. The van der Waals surface area contributed by atoms with E-state index in [1.807, 2.05) is 17.5 Å². The zero-order valence-corrected chi connectivity index (χ0v) is 15.3. The molecule has 1 fully saturated rings. The van der Waals surface area contributed by atoms with Gasteiger partial charge in [-0.05, 0) is 36.1 Å². The minimum atomic E-state index is -3.05. The number of carbonyl (C=O) groups is 1. The predicted octanol–water partition coefficient (Wildman–Crippen LogP) is 2.62. The number of amides is 1. The molecule has 0 unspecified atom stereocenters. The third-order valence-electron chi connectivity index (χ3n) is 4.22. The van der Waals surface area contributed by atoms with Crippen molar-refractivity contribution in [1.82, 2.24) is 14.8 Å². The summed E-state index contributed by atoms with van der Waals surface area (Å²) >= 11 is 1.53. The maximum Gasteiger partial charge on any atom is 0.276 e. The Morgan fingerprint density at radius 1 is 1.31 bits per heavy atom. The lowest BCUT2D eigenvalue weighted by molar-refractivity contribution is 0.102. The highest BCUT2D eigenvalue weighted by atomic mass is 32.2. The van der Waals surface area contributed by atoms with Crippen LogP contribution in [-0.2, 0) is 9.84 Å². The molecule has 1 aliphatic heterocycles. The fourth-order valence-electron chi connectivity index (χ4n) is 2.99. The van der Waals surface area contributed by atoms with Crippen molar-refractivity contribution in [2.75, 3.05) is 16.8 Å². The molecule has 4 rings (SSSR count). The van der Waals surface area contributed by atoms with Gasteiger partial charge in [0.1, 0.15) is 0 Å². The monoisotopic (exact) mass is 388 g/mol. The van der Waals surface area contributed by atoms with Crippen molar-refractivity contribution in [3.05, 3.63) is 53.8 Å². The van der Waals surface area contributed by atoms with Crippen LogP contribution in [0.25, 0.3) is 10.6 Å². The molecule has 0 aliphatic carbocycles. The number of sulfone groups is 1. The fourth-order valence-corrected chi connectivity index (χ4v) is 5.42. The number of thiophene rings is 1. The van der Waals surface area contributed by atoms with E-state index in [1.54, 1.807) is 35.3 Å².